The Morgan fingerprint density at radius 2 is 1.55 bits per heavy atom. The lowest BCUT2D eigenvalue weighted by atomic mass is 9.97. The minimum absolute atomic E-state index is 0.0921. The highest BCUT2D eigenvalue weighted by Gasteiger charge is 2.25. The Morgan fingerprint density at radius 3 is 2.21 bits per heavy atom. The fraction of sp³-hybridized carbons (Fsp3) is 0.464. The average Bonchev–Trinajstić information content (AvgIpc) is 2.81. The Hall–Kier alpha value is -3.95. The molecule has 0 aliphatic heterocycles. The zero-order valence-corrected chi connectivity index (χ0v) is 22.9. The van der Waals surface area contributed by atoms with Crippen LogP contribution >= 0.6 is 0 Å². The normalized spacial score (nSPS) is 11.3. The molecule has 2 aromatic rings. The summed E-state index contributed by atoms with van der Waals surface area (Å²) >= 11 is 0. The van der Waals surface area contributed by atoms with Crippen molar-refractivity contribution in [1.82, 2.24) is 10.6 Å². The van der Waals surface area contributed by atoms with Gasteiger partial charge in [0.2, 0.25) is 0 Å². The predicted molar refractivity (Wildman–Crippen MR) is 142 cm³/mol. The number of alkyl carbamates (subject to hydrolysis) is 2. The van der Waals surface area contributed by atoms with Gasteiger partial charge in [-0.15, -0.1) is 0 Å². The van der Waals surface area contributed by atoms with Crippen LogP contribution in [0.1, 0.15) is 62.5 Å². The van der Waals surface area contributed by atoms with Gasteiger partial charge in [-0.2, -0.15) is 0 Å². The van der Waals surface area contributed by atoms with Crippen molar-refractivity contribution in [3.8, 4) is 11.5 Å². The lowest BCUT2D eigenvalue weighted by Crippen LogP contribution is -2.36. The Kier molecular flexibility index (Phi) is 10.8. The number of ether oxygens (including phenoxy) is 4. The van der Waals surface area contributed by atoms with E-state index in [4.69, 9.17) is 24.1 Å². The maximum Gasteiger partial charge on any atom is 0.407 e. The van der Waals surface area contributed by atoms with Crippen molar-refractivity contribution < 1.29 is 38.4 Å². The molecular weight excluding hydrogens is 492 g/mol. The van der Waals surface area contributed by atoms with Gasteiger partial charge in [0.1, 0.15) is 22.7 Å². The van der Waals surface area contributed by atoms with Gasteiger partial charge in [-0.25, -0.2) is 14.4 Å². The maximum atomic E-state index is 12.5. The summed E-state index contributed by atoms with van der Waals surface area (Å²) in [5.41, 5.74) is 0.183. The van der Waals surface area contributed by atoms with E-state index in [1.165, 1.54) is 19.2 Å². The molecule has 0 saturated carbocycles. The number of aromatic carboxylic acids is 1. The van der Waals surface area contributed by atoms with Gasteiger partial charge in [-0.05, 0) is 64.8 Å². The number of amides is 2. The lowest BCUT2D eigenvalue weighted by molar-refractivity contribution is 0.0382. The van der Waals surface area contributed by atoms with Crippen LogP contribution in [-0.4, -0.2) is 54.7 Å². The van der Waals surface area contributed by atoms with E-state index in [9.17, 15) is 14.4 Å². The third kappa shape index (κ3) is 10.6. The highest BCUT2D eigenvalue weighted by atomic mass is 16.6. The molecule has 2 rings (SSSR count). The van der Waals surface area contributed by atoms with Gasteiger partial charge in [0, 0.05) is 25.1 Å². The summed E-state index contributed by atoms with van der Waals surface area (Å²) in [5, 5.41) is 14.5. The van der Waals surface area contributed by atoms with Crippen LogP contribution in [0.5, 0.6) is 11.5 Å². The number of methoxy groups -OCH3 is 1. The molecule has 0 bridgehead atoms. The fourth-order valence-corrected chi connectivity index (χ4v) is 3.52. The van der Waals surface area contributed by atoms with Crippen LogP contribution in [0.2, 0.25) is 0 Å². The topological polar surface area (TPSA) is 132 Å². The minimum atomic E-state index is -1.06. The monoisotopic (exact) mass is 530 g/mol. The van der Waals surface area contributed by atoms with E-state index in [0.717, 1.165) is 5.56 Å². The first-order chi connectivity index (χ1) is 17.8. The molecule has 0 spiro atoms. The van der Waals surface area contributed by atoms with Crippen LogP contribution in [0.4, 0.5) is 9.59 Å². The number of nitrogens with one attached hydrogen (secondary N) is 2. The van der Waals surface area contributed by atoms with Gasteiger partial charge in [-0.3, -0.25) is 0 Å². The predicted octanol–water partition coefficient (Wildman–Crippen LogP) is 4.93. The Balaban J connectivity index is 1.87. The molecule has 208 valence electrons. The second-order valence-corrected chi connectivity index (χ2v) is 10.2. The first kappa shape index (κ1) is 30.3. The molecule has 0 atom stereocenters. The summed E-state index contributed by atoms with van der Waals surface area (Å²) in [6.07, 6.45) is -0.0901. The number of rotatable bonds is 12. The molecule has 3 N–H and O–H groups in total. The summed E-state index contributed by atoms with van der Waals surface area (Å²) in [7, 11) is 1.43. The van der Waals surface area contributed by atoms with Crippen molar-refractivity contribution >= 4 is 18.2 Å². The third-order valence-electron chi connectivity index (χ3n) is 5.16. The summed E-state index contributed by atoms with van der Waals surface area (Å²) in [4.78, 5) is 35.4. The minimum Gasteiger partial charge on any atom is -0.496 e. The van der Waals surface area contributed by atoms with Crippen molar-refractivity contribution in [2.45, 2.75) is 65.2 Å². The standard InChI is InChI=1S/C28H38N2O8/c1-27(2,3)37-25(33)29-14-9-15-36-22-11-8-7-10-20(22)17-28(4,5)38-26(34)30-18-21-13-12-19(24(31)32)16-23(21)35-6/h7-8,10-13,16H,9,14-15,17-18H2,1-6H3,(H,29,33)(H,30,34)(H,31,32). The number of para-hydroxylation sites is 1. The molecule has 0 saturated heterocycles. The van der Waals surface area contributed by atoms with E-state index < -0.39 is 29.4 Å². The fourth-order valence-electron chi connectivity index (χ4n) is 3.52. The van der Waals surface area contributed by atoms with E-state index in [1.807, 2.05) is 24.3 Å². The number of carbonyl (C=O) groups is 3. The Labute approximate surface area is 223 Å². The molecule has 0 aliphatic carbocycles. The molecule has 0 aliphatic rings. The van der Waals surface area contributed by atoms with Crippen LogP contribution in [0.25, 0.3) is 0 Å². The van der Waals surface area contributed by atoms with Crippen molar-refractivity contribution in [2.24, 2.45) is 0 Å². The summed E-state index contributed by atoms with van der Waals surface area (Å²) in [5.74, 6) is -0.0346. The van der Waals surface area contributed by atoms with Crippen LogP contribution in [0.3, 0.4) is 0 Å². The van der Waals surface area contributed by atoms with Crippen LogP contribution in [-0.2, 0) is 22.4 Å². The third-order valence-corrected chi connectivity index (χ3v) is 5.16. The van der Waals surface area contributed by atoms with Crippen LogP contribution < -0.4 is 20.1 Å². The largest absolute Gasteiger partial charge is 0.496 e. The van der Waals surface area contributed by atoms with Gasteiger partial charge in [0.15, 0.2) is 0 Å². The second-order valence-electron chi connectivity index (χ2n) is 10.2. The van der Waals surface area contributed by atoms with Gasteiger partial charge >= 0.3 is 18.2 Å². The van der Waals surface area contributed by atoms with E-state index in [1.54, 1.807) is 40.7 Å². The summed E-state index contributed by atoms with van der Waals surface area (Å²) in [6.45, 7) is 9.93. The molecule has 2 amide bonds. The van der Waals surface area contributed by atoms with Gasteiger partial charge < -0.3 is 34.7 Å². The molecule has 0 heterocycles. The number of hydrogen-bond acceptors (Lipinski definition) is 7. The van der Waals surface area contributed by atoms with E-state index >= 15 is 0 Å². The zero-order chi connectivity index (χ0) is 28.3. The molecule has 0 fully saturated rings. The molecule has 10 heteroatoms. The van der Waals surface area contributed by atoms with Crippen LogP contribution in [0.15, 0.2) is 42.5 Å². The SMILES string of the molecule is COc1cc(C(=O)O)ccc1CNC(=O)OC(C)(C)Cc1ccccc1OCCCNC(=O)OC(C)(C)C. The van der Waals surface area contributed by atoms with Crippen molar-refractivity contribution in [3.05, 3.63) is 59.2 Å². The number of hydrogen-bond donors (Lipinski definition) is 3. The van der Waals surface area contributed by atoms with E-state index in [2.05, 4.69) is 10.6 Å². The summed E-state index contributed by atoms with van der Waals surface area (Å²) in [6, 6.07) is 11.9. The Bertz CT molecular complexity index is 1110. The van der Waals surface area contributed by atoms with Crippen molar-refractivity contribution in [2.75, 3.05) is 20.3 Å². The highest BCUT2D eigenvalue weighted by molar-refractivity contribution is 5.88. The molecule has 38 heavy (non-hydrogen) atoms. The molecule has 0 aromatic heterocycles. The van der Waals surface area contributed by atoms with E-state index in [-0.39, 0.29) is 12.1 Å². The first-order valence-corrected chi connectivity index (χ1v) is 12.3. The Morgan fingerprint density at radius 1 is 0.868 bits per heavy atom. The molecule has 0 radical (unpaired) electrons. The summed E-state index contributed by atoms with van der Waals surface area (Å²) < 4.78 is 22.0. The zero-order valence-electron chi connectivity index (χ0n) is 22.9. The smallest absolute Gasteiger partial charge is 0.407 e. The van der Waals surface area contributed by atoms with Crippen molar-refractivity contribution in [3.63, 3.8) is 0 Å². The van der Waals surface area contributed by atoms with Crippen LogP contribution in [0, 0.1) is 0 Å². The van der Waals surface area contributed by atoms with Gasteiger partial charge in [0.05, 0.1) is 19.3 Å². The average molecular weight is 531 g/mol. The molecule has 10 nitrogen and oxygen atoms in total. The van der Waals surface area contributed by atoms with Gasteiger partial charge in [0.25, 0.3) is 0 Å². The highest BCUT2D eigenvalue weighted by Crippen LogP contribution is 2.26. The molecule has 0 unspecified atom stereocenters. The molecular formula is C28H38N2O8. The number of carboxylic acid groups (broad SMARTS) is 1. The maximum absolute atomic E-state index is 12.5. The van der Waals surface area contributed by atoms with Crippen molar-refractivity contribution in [1.29, 1.82) is 0 Å². The quantitative estimate of drug-likeness (QED) is 0.329. The van der Waals surface area contributed by atoms with E-state index in [0.29, 0.717) is 43.1 Å². The molecule has 2 aromatic carbocycles. The number of carboxylic acids is 1. The number of benzene rings is 2. The lowest BCUT2D eigenvalue weighted by Gasteiger charge is -2.26. The van der Waals surface area contributed by atoms with Gasteiger partial charge in [-0.1, -0.05) is 24.3 Å². The first-order valence-electron chi connectivity index (χ1n) is 12.3. The second kappa shape index (κ2) is 13.6. The number of carbonyl (C=O) groups excluding carboxylic acids is 2.